The van der Waals surface area contributed by atoms with E-state index in [0.29, 0.717) is 5.69 Å². The summed E-state index contributed by atoms with van der Waals surface area (Å²) in [7, 11) is 0. The molecule has 0 saturated carbocycles. The van der Waals surface area contributed by atoms with Crippen LogP contribution in [0, 0.1) is 0 Å². The summed E-state index contributed by atoms with van der Waals surface area (Å²) in [6.45, 7) is 0. The van der Waals surface area contributed by atoms with Gasteiger partial charge < -0.3 is 10.3 Å². The number of hydrogen-bond acceptors (Lipinski definition) is 5. The second kappa shape index (κ2) is 6.84. The van der Waals surface area contributed by atoms with Crippen molar-refractivity contribution in [2.24, 2.45) is 0 Å². The zero-order chi connectivity index (χ0) is 20.8. The minimum Gasteiger partial charge on any atom is -0.340 e. The molecule has 2 N–H and O–H groups in total. The lowest BCUT2D eigenvalue weighted by Crippen LogP contribution is -2.28. The highest BCUT2D eigenvalue weighted by Crippen LogP contribution is 2.47. The van der Waals surface area contributed by atoms with Crippen LogP contribution in [0.2, 0.25) is 0 Å². The maximum absolute atomic E-state index is 12.9. The standard InChI is InChI=1S/C24H16N6O/c31-24(19-9-11-26-13-27-19)30-22-15-5-2-1-4-14(15)21-16(22)6-3-7-17(21)23-28-18-8-10-25-12-20(18)29-23/h1-13,22H,(H,28,29)(H,30,31). The summed E-state index contributed by atoms with van der Waals surface area (Å²) in [6, 6.07) is 17.4. The molecule has 7 heteroatoms. The molecule has 0 radical (unpaired) electrons. The first-order chi connectivity index (χ1) is 15.3. The van der Waals surface area contributed by atoms with Gasteiger partial charge >= 0.3 is 0 Å². The van der Waals surface area contributed by atoms with Crippen LogP contribution >= 0.6 is 0 Å². The van der Waals surface area contributed by atoms with Crippen LogP contribution in [-0.2, 0) is 0 Å². The van der Waals surface area contributed by atoms with Gasteiger partial charge in [-0.3, -0.25) is 9.78 Å². The normalized spacial score (nSPS) is 14.3. The summed E-state index contributed by atoms with van der Waals surface area (Å²) in [6.07, 6.45) is 6.44. The molecule has 3 aromatic heterocycles. The van der Waals surface area contributed by atoms with Gasteiger partial charge in [0.2, 0.25) is 0 Å². The molecule has 3 heterocycles. The van der Waals surface area contributed by atoms with Gasteiger partial charge in [0.05, 0.1) is 23.3 Å². The van der Waals surface area contributed by atoms with Crippen LogP contribution in [0.3, 0.4) is 0 Å². The highest BCUT2D eigenvalue weighted by atomic mass is 16.1. The van der Waals surface area contributed by atoms with E-state index in [1.165, 1.54) is 6.33 Å². The molecule has 148 valence electrons. The van der Waals surface area contributed by atoms with Gasteiger partial charge in [0, 0.05) is 18.0 Å². The van der Waals surface area contributed by atoms with Crippen molar-refractivity contribution in [3.63, 3.8) is 0 Å². The second-order valence-corrected chi connectivity index (χ2v) is 7.34. The Balaban J connectivity index is 1.49. The zero-order valence-electron chi connectivity index (χ0n) is 16.3. The number of benzene rings is 2. The van der Waals surface area contributed by atoms with Crippen molar-refractivity contribution in [2.75, 3.05) is 0 Å². The Morgan fingerprint density at radius 2 is 1.74 bits per heavy atom. The maximum atomic E-state index is 12.9. The van der Waals surface area contributed by atoms with Crippen LogP contribution in [0.4, 0.5) is 0 Å². The third kappa shape index (κ3) is 2.78. The average molecular weight is 404 g/mol. The number of H-pyrrole nitrogens is 1. The zero-order valence-corrected chi connectivity index (χ0v) is 16.3. The smallest absolute Gasteiger partial charge is 0.270 e. The minimum atomic E-state index is -0.278. The molecule has 0 fully saturated rings. The van der Waals surface area contributed by atoms with Crippen molar-refractivity contribution in [3.05, 3.63) is 96.3 Å². The highest BCUT2D eigenvalue weighted by molar-refractivity contribution is 5.96. The van der Waals surface area contributed by atoms with E-state index < -0.39 is 0 Å². The molecule has 0 spiro atoms. The van der Waals surface area contributed by atoms with Gasteiger partial charge in [-0.2, -0.15) is 0 Å². The van der Waals surface area contributed by atoms with Gasteiger partial charge in [-0.05, 0) is 34.4 Å². The van der Waals surface area contributed by atoms with E-state index in [9.17, 15) is 4.79 Å². The molecule has 1 atom stereocenters. The van der Waals surface area contributed by atoms with Gasteiger partial charge in [0.25, 0.3) is 5.91 Å². The first-order valence-corrected chi connectivity index (χ1v) is 9.89. The number of pyridine rings is 1. The predicted octanol–water partition coefficient (Wildman–Crippen LogP) is 3.91. The monoisotopic (exact) mass is 404 g/mol. The number of nitrogens with one attached hydrogen (secondary N) is 2. The van der Waals surface area contributed by atoms with E-state index >= 15 is 0 Å². The molecule has 7 nitrogen and oxygen atoms in total. The number of imidazole rings is 1. The molecule has 5 aromatic rings. The Kier molecular flexibility index (Phi) is 3.86. The minimum absolute atomic E-state index is 0.240. The summed E-state index contributed by atoms with van der Waals surface area (Å²) in [5, 5.41) is 3.14. The molecule has 0 aliphatic heterocycles. The molecule has 0 bridgehead atoms. The van der Waals surface area contributed by atoms with E-state index in [4.69, 9.17) is 4.98 Å². The van der Waals surface area contributed by atoms with Crippen molar-refractivity contribution in [2.45, 2.75) is 6.04 Å². The summed E-state index contributed by atoms with van der Waals surface area (Å²) < 4.78 is 0. The molecule has 6 rings (SSSR count). The van der Waals surface area contributed by atoms with Gasteiger partial charge in [-0.1, -0.05) is 42.5 Å². The van der Waals surface area contributed by atoms with Crippen molar-refractivity contribution < 1.29 is 4.79 Å². The van der Waals surface area contributed by atoms with Crippen LogP contribution in [0.5, 0.6) is 0 Å². The number of amides is 1. The Morgan fingerprint density at radius 3 is 2.61 bits per heavy atom. The summed E-state index contributed by atoms with van der Waals surface area (Å²) in [5.74, 6) is 0.535. The number of hydrogen-bond donors (Lipinski definition) is 2. The fourth-order valence-electron chi connectivity index (χ4n) is 4.22. The number of carbonyl (C=O) groups excluding carboxylic acids is 1. The van der Waals surface area contributed by atoms with Gasteiger partial charge in [-0.25, -0.2) is 15.0 Å². The second-order valence-electron chi connectivity index (χ2n) is 7.34. The molecule has 0 saturated heterocycles. The Labute approximate surface area is 177 Å². The Hall–Kier alpha value is -4.39. The predicted molar refractivity (Wildman–Crippen MR) is 116 cm³/mol. The van der Waals surface area contributed by atoms with E-state index in [0.717, 1.165) is 44.7 Å². The van der Waals surface area contributed by atoms with Gasteiger partial charge in [0.1, 0.15) is 17.8 Å². The fraction of sp³-hybridized carbons (Fsp3) is 0.0417. The number of nitrogens with zero attached hydrogens (tertiary/aromatic N) is 4. The molecule has 1 aliphatic rings. The summed E-state index contributed by atoms with van der Waals surface area (Å²) in [5.41, 5.74) is 7.29. The highest BCUT2D eigenvalue weighted by Gasteiger charge is 2.32. The number of aromatic nitrogens is 5. The van der Waals surface area contributed by atoms with E-state index in [-0.39, 0.29) is 11.9 Å². The lowest BCUT2D eigenvalue weighted by Gasteiger charge is -2.16. The van der Waals surface area contributed by atoms with Crippen molar-refractivity contribution in [1.82, 2.24) is 30.2 Å². The van der Waals surface area contributed by atoms with Crippen molar-refractivity contribution in [1.29, 1.82) is 0 Å². The van der Waals surface area contributed by atoms with E-state index in [2.05, 4.69) is 37.4 Å². The maximum Gasteiger partial charge on any atom is 0.270 e. The van der Waals surface area contributed by atoms with Crippen LogP contribution in [0.25, 0.3) is 33.5 Å². The molecule has 1 unspecified atom stereocenters. The molecule has 2 aromatic carbocycles. The molecular formula is C24H16N6O. The quantitative estimate of drug-likeness (QED) is 0.475. The molecular weight excluding hydrogens is 388 g/mol. The summed E-state index contributed by atoms with van der Waals surface area (Å²) in [4.78, 5) is 33.1. The first kappa shape index (κ1) is 17.5. The van der Waals surface area contributed by atoms with Gasteiger partial charge in [0.15, 0.2) is 0 Å². The molecule has 1 aliphatic carbocycles. The van der Waals surface area contributed by atoms with Crippen LogP contribution < -0.4 is 5.32 Å². The number of fused-ring (bicyclic) bond motifs is 4. The fourth-order valence-corrected chi connectivity index (χ4v) is 4.22. The Morgan fingerprint density at radius 1 is 0.903 bits per heavy atom. The summed E-state index contributed by atoms with van der Waals surface area (Å²) >= 11 is 0. The largest absolute Gasteiger partial charge is 0.340 e. The third-order valence-electron chi connectivity index (χ3n) is 5.58. The topological polar surface area (TPSA) is 96.5 Å². The van der Waals surface area contributed by atoms with Gasteiger partial charge in [-0.15, -0.1) is 0 Å². The van der Waals surface area contributed by atoms with Crippen molar-refractivity contribution >= 4 is 16.9 Å². The number of aromatic amines is 1. The van der Waals surface area contributed by atoms with Crippen LogP contribution in [0.15, 0.2) is 79.5 Å². The van der Waals surface area contributed by atoms with E-state index in [1.54, 1.807) is 24.7 Å². The van der Waals surface area contributed by atoms with E-state index in [1.807, 2.05) is 36.4 Å². The number of rotatable bonds is 3. The SMILES string of the molecule is O=C(NC1c2ccccc2-c2c(-c3nc4ccncc4[nH]3)cccc21)c1ccncn1. The number of carbonyl (C=O) groups is 1. The first-order valence-electron chi connectivity index (χ1n) is 9.89. The van der Waals surface area contributed by atoms with Crippen molar-refractivity contribution in [3.8, 4) is 22.5 Å². The lowest BCUT2D eigenvalue weighted by molar-refractivity contribution is 0.0938. The average Bonchev–Trinajstić information content (AvgIpc) is 3.39. The van der Waals surface area contributed by atoms with Crippen LogP contribution in [0.1, 0.15) is 27.7 Å². The third-order valence-corrected chi connectivity index (χ3v) is 5.58. The van der Waals surface area contributed by atoms with Crippen LogP contribution in [-0.4, -0.2) is 30.8 Å². The Bertz CT molecular complexity index is 1410. The lowest BCUT2D eigenvalue weighted by atomic mass is 9.99. The molecule has 31 heavy (non-hydrogen) atoms. The molecule has 1 amide bonds.